The number of hydrogen-bond acceptors (Lipinski definition) is 2. The molecule has 2 aromatic heterocycles. The maximum Gasteiger partial charge on any atom is 0.173 e. The van der Waals surface area contributed by atoms with Crippen LogP contribution in [0.15, 0.2) is 77.3 Å². The number of nitrogens with zero attached hydrogens (tertiary/aromatic N) is 2. The highest BCUT2D eigenvalue weighted by molar-refractivity contribution is 5.79. The maximum absolute atomic E-state index is 5.87. The Morgan fingerprint density at radius 3 is 2.25 bits per heavy atom. The van der Waals surface area contributed by atoms with Crippen LogP contribution in [0.5, 0.6) is 0 Å². The zero-order valence-corrected chi connectivity index (χ0v) is 10.7. The molecule has 0 fully saturated rings. The van der Waals surface area contributed by atoms with Gasteiger partial charge in [-0.2, -0.15) is 5.10 Å². The summed E-state index contributed by atoms with van der Waals surface area (Å²) in [6.07, 6.45) is 1.91. The first kappa shape index (κ1) is 11.1. The van der Waals surface area contributed by atoms with Gasteiger partial charge in [-0.15, -0.1) is 0 Å². The topological polar surface area (TPSA) is 31.0 Å². The molecule has 3 nitrogen and oxygen atoms in total. The van der Waals surface area contributed by atoms with E-state index in [0.717, 1.165) is 28.1 Å². The van der Waals surface area contributed by atoms with Crippen molar-refractivity contribution in [1.82, 2.24) is 9.78 Å². The first-order chi connectivity index (χ1) is 9.90. The lowest BCUT2D eigenvalue weighted by atomic mass is 10.2. The SMILES string of the molecule is c1ccc(-c2cc3nn(-c4ccccc4)cc3o2)cc1. The molecule has 20 heavy (non-hydrogen) atoms. The predicted molar refractivity (Wildman–Crippen MR) is 78.8 cm³/mol. The van der Waals surface area contributed by atoms with E-state index >= 15 is 0 Å². The van der Waals surface area contributed by atoms with Crippen molar-refractivity contribution in [2.24, 2.45) is 0 Å². The van der Waals surface area contributed by atoms with Gasteiger partial charge in [0.2, 0.25) is 0 Å². The van der Waals surface area contributed by atoms with E-state index in [-0.39, 0.29) is 0 Å². The van der Waals surface area contributed by atoms with Crippen molar-refractivity contribution in [1.29, 1.82) is 0 Å². The Morgan fingerprint density at radius 1 is 0.850 bits per heavy atom. The van der Waals surface area contributed by atoms with Crippen LogP contribution < -0.4 is 0 Å². The summed E-state index contributed by atoms with van der Waals surface area (Å²) < 4.78 is 7.71. The van der Waals surface area contributed by atoms with E-state index in [1.54, 1.807) is 0 Å². The number of aromatic nitrogens is 2. The highest BCUT2D eigenvalue weighted by Gasteiger charge is 2.10. The second kappa shape index (κ2) is 4.38. The van der Waals surface area contributed by atoms with Gasteiger partial charge < -0.3 is 4.42 Å². The molecule has 4 aromatic rings. The van der Waals surface area contributed by atoms with Crippen molar-refractivity contribution < 1.29 is 4.42 Å². The van der Waals surface area contributed by atoms with Crippen LogP contribution in [0.3, 0.4) is 0 Å². The van der Waals surface area contributed by atoms with E-state index in [0.29, 0.717) is 0 Å². The largest absolute Gasteiger partial charge is 0.453 e. The van der Waals surface area contributed by atoms with Crippen LogP contribution in [0.4, 0.5) is 0 Å². The van der Waals surface area contributed by atoms with E-state index < -0.39 is 0 Å². The number of para-hydroxylation sites is 1. The monoisotopic (exact) mass is 260 g/mol. The summed E-state index contributed by atoms with van der Waals surface area (Å²) in [5.74, 6) is 0.850. The first-order valence-corrected chi connectivity index (χ1v) is 6.50. The Morgan fingerprint density at radius 2 is 1.55 bits per heavy atom. The van der Waals surface area contributed by atoms with Gasteiger partial charge in [-0.25, -0.2) is 4.68 Å². The summed E-state index contributed by atoms with van der Waals surface area (Å²) in [7, 11) is 0. The molecule has 0 spiro atoms. The standard InChI is InChI=1S/C17H12N2O/c1-3-7-13(8-4-1)16-11-15-17(20-16)12-19(18-15)14-9-5-2-6-10-14/h1-12H. The van der Waals surface area contributed by atoms with Crippen LogP contribution >= 0.6 is 0 Å². The number of rotatable bonds is 2. The molecule has 0 bridgehead atoms. The summed E-state index contributed by atoms with van der Waals surface area (Å²) in [5.41, 5.74) is 3.76. The van der Waals surface area contributed by atoms with E-state index in [1.807, 2.05) is 77.6 Å². The molecule has 0 amide bonds. The zero-order chi connectivity index (χ0) is 13.4. The minimum absolute atomic E-state index is 0.799. The minimum Gasteiger partial charge on any atom is -0.453 e. The number of fused-ring (bicyclic) bond motifs is 1. The summed E-state index contributed by atoms with van der Waals surface area (Å²) in [6.45, 7) is 0. The molecule has 0 saturated carbocycles. The van der Waals surface area contributed by atoms with Crippen molar-refractivity contribution in [2.75, 3.05) is 0 Å². The summed E-state index contributed by atoms with van der Waals surface area (Å²) in [4.78, 5) is 0. The van der Waals surface area contributed by atoms with Crippen LogP contribution in [-0.4, -0.2) is 9.78 Å². The highest BCUT2D eigenvalue weighted by atomic mass is 16.3. The Hall–Kier alpha value is -2.81. The van der Waals surface area contributed by atoms with E-state index in [9.17, 15) is 0 Å². The predicted octanol–water partition coefficient (Wildman–Crippen LogP) is 4.29. The van der Waals surface area contributed by atoms with Crippen molar-refractivity contribution in [3.8, 4) is 17.0 Å². The smallest absolute Gasteiger partial charge is 0.173 e. The molecule has 0 aliphatic carbocycles. The van der Waals surface area contributed by atoms with Gasteiger partial charge in [0, 0.05) is 11.6 Å². The molecular weight excluding hydrogens is 248 g/mol. The Bertz CT molecular complexity index is 744. The summed E-state index contributed by atoms with van der Waals surface area (Å²) in [5, 5.41) is 4.55. The van der Waals surface area contributed by atoms with Crippen molar-refractivity contribution in [3.05, 3.63) is 72.9 Å². The van der Waals surface area contributed by atoms with Crippen LogP contribution in [0.1, 0.15) is 0 Å². The van der Waals surface area contributed by atoms with Crippen molar-refractivity contribution in [2.45, 2.75) is 0 Å². The molecule has 3 heteroatoms. The Labute approximate surface area is 116 Å². The number of benzene rings is 2. The molecule has 4 rings (SSSR count). The quantitative estimate of drug-likeness (QED) is 0.538. The van der Waals surface area contributed by atoms with E-state index in [1.165, 1.54) is 0 Å². The third kappa shape index (κ3) is 1.80. The lowest BCUT2D eigenvalue weighted by Gasteiger charge is -1.99. The van der Waals surface area contributed by atoms with Gasteiger partial charge in [-0.3, -0.25) is 0 Å². The average molecular weight is 260 g/mol. The van der Waals surface area contributed by atoms with Crippen molar-refractivity contribution in [3.63, 3.8) is 0 Å². The van der Waals surface area contributed by atoms with Crippen LogP contribution in [0, 0.1) is 0 Å². The Balaban J connectivity index is 1.78. The summed E-state index contributed by atoms with van der Waals surface area (Å²) >= 11 is 0. The fourth-order valence-electron chi connectivity index (χ4n) is 2.28. The normalized spacial score (nSPS) is 11.0. The van der Waals surface area contributed by atoms with Gasteiger partial charge in [0.05, 0.1) is 11.9 Å². The lowest BCUT2D eigenvalue weighted by molar-refractivity contribution is 0.629. The van der Waals surface area contributed by atoms with Crippen molar-refractivity contribution >= 4 is 11.1 Å². The molecule has 2 heterocycles. The molecule has 0 unspecified atom stereocenters. The minimum atomic E-state index is 0.799. The molecule has 96 valence electrons. The van der Waals surface area contributed by atoms with Gasteiger partial charge in [-0.05, 0) is 12.1 Å². The summed E-state index contributed by atoms with van der Waals surface area (Å²) in [6, 6.07) is 22.0. The van der Waals surface area contributed by atoms with Crippen LogP contribution in [-0.2, 0) is 0 Å². The average Bonchev–Trinajstić information content (AvgIpc) is 3.08. The molecule has 0 aliphatic heterocycles. The fraction of sp³-hybridized carbons (Fsp3) is 0. The highest BCUT2D eigenvalue weighted by Crippen LogP contribution is 2.27. The molecule has 0 aliphatic rings. The van der Waals surface area contributed by atoms with Gasteiger partial charge >= 0.3 is 0 Å². The van der Waals surface area contributed by atoms with E-state index in [4.69, 9.17) is 4.42 Å². The molecule has 0 saturated heterocycles. The fourth-order valence-corrected chi connectivity index (χ4v) is 2.28. The second-order valence-electron chi connectivity index (χ2n) is 4.64. The zero-order valence-electron chi connectivity index (χ0n) is 10.7. The third-order valence-electron chi connectivity index (χ3n) is 3.27. The molecule has 0 atom stereocenters. The second-order valence-corrected chi connectivity index (χ2v) is 4.64. The van der Waals surface area contributed by atoms with Gasteiger partial charge in [-0.1, -0.05) is 48.5 Å². The molecule has 0 radical (unpaired) electrons. The van der Waals surface area contributed by atoms with Crippen LogP contribution in [0.2, 0.25) is 0 Å². The lowest BCUT2D eigenvalue weighted by Crippen LogP contribution is -1.92. The third-order valence-corrected chi connectivity index (χ3v) is 3.27. The van der Waals surface area contributed by atoms with Crippen LogP contribution in [0.25, 0.3) is 28.1 Å². The van der Waals surface area contributed by atoms with E-state index in [2.05, 4.69) is 5.10 Å². The maximum atomic E-state index is 5.87. The van der Waals surface area contributed by atoms with Gasteiger partial charge in [0.15, 0.2) is 5.58 Å². The first-order valence-electron chi connectivity index (χ1n) is 6.50. The number of furan rings is 1. The Kier molecular flexibility index (Phi) is 2.42. The molecular formula is C17H12N2O. The number of hydrogen-bond donors (Lipinski definition) is 0. The molecule has 2 aromatic carbocycles. The van der Waals surface area contributed by atoms with Gasteiger partial charge in [0.25, 0.3) is 0 Å². The van der Waals surface area contributed by atoms with Gasteiger partial charge in [0.1, 0.15) is 11.3 Å². The molecule has 0 N–H and O–H groups in total.